The van der Waals surface area contributed by atoms with Gasteiger partial charge in [-0.2, -0.15) is 0 Å². The number of hydrogen-bond donors (Lipinski definition) is 2. The molecule has 1 rings (SSSR count). The van der Waals surface area contributed by atoms with Crippen molar-refractivity contribution in [3.63, 3.8) is 0 Å². The molecule has 0 bridgehead atoms. The van der Waals surface area contributed by atoms with Crippen molar-refractivity contribution in [1.29, 1.82) is 0 Å². The van der Waals surface area contributed by atoms with Crippen molar-refractivity contribution in [2.45, 2.75) is 5.75 Å². The lowest BCUT2D eigenvalue weighted by atomic mass is 10.2. The van der Waals surface area contributed by atoms with Gasteiger partial charge in [0.05, 0.1) is 0 Å². The summed E-state index contributed by atoms with van der Waals surface area (Å²) in [5.41, 5.74) is 1.19. The molecule has 0 aliphatic rings. The number of benzene rings is 1. The van der Waals surface area contributed by atoms with Gasteiger partial charge in [0.2, 0.25) is 0 Å². The summed E-state index contributed by atoms with van der Waals surface area (Å²) in [5.74, 6) is -0.0470. The maximum Gasteiger partial charge on any atom is 0.318 e. The zero-order valence-corrected chi connectivity index (χ0v) is 7.88. The lowest BCUT2D eigenvalue weighted by Crippen LogP contribution is -2.15. The Hall–Kier alpha value is -1.00. The Kier molecular flexibility index (Phi) is 4.35. The predicted molar refractivity (Wildman–Crippen MR) is 53.4 cm³/mol. The number of carbonyl (C=O) groups is 1. The van der Waals surface area contributed by atoms with Crippen molar-refractivity contribution in [3.05, 3.63) is 35.9 Å². The molecule has 70 valence electrons. The fourth-order valence-corrected chi connectivity index (χ4v) is 1.51. The SMILES string of the molecule is O=C(O)CNSCc1ccccc1. The molecule has 0 aromatic heterocycles. The lowest BCUT2D eigenvalue weighted by Gasteiger charge is -2.00. The average Bonchev–Trinajstić information content (AvgIpc) is 2.14. The first kappa shape index (κ1) is 10.1. The van der Waals surface area contributed by atoms with Crippen LogP contribution in [0.5, 0.6) is 0 Å². The highest BCUT2D eigenvalue weighted by Crippen LogP contribution is 2.07. The van der Waals surface area contributed by atoms with E-state index in [1.165, 1.54) is 17.5 Å². The molecular formula is C9H11NO2S. The van der Waals surface area contributed by atoms with Gasteiger partial charge in [-0.25, -0.2) is 0 Å². The minimum atomic E-state index is -0.833. The van der Waals surface area contributed by atoms with Gasteiger partial charge in [-0.15, -0.1) is 0 Å². The highest BCUT2D eigenvalue weighted by molar-refractivity contribution is 7.96. The molecular weight excluding hydrogens is 186 g/mol. The number of carboxylic acid groups (broad SMARTS) is 1. The Labute approximate surface area is 81.3 Å². The summed E-state index contributed by atoms with van der Waals surface area (Å²) in [5, 5.41) is 8.33. The van der Waals surface area contributed by atoms with E-state index in [9.17, 15) is 4.79 Å². The first-order chi connectivity index (χ1) is 6.29. The first-order valence-electron chi connectivity index (χ1n) is 3.89. The number of aliphatic carboxylic acids is 1. The fraction of sp³-hybridized carbons (Fsp3) is 0.222. The average molecular weight is 197 g/mol. The summed E-state index contributed by atoms with van der Waals surface area (Å²) >= 11 is 1.40. The third-order valence-corrected chi connectivity index (χ3v) is 2.23. The first-order valence-corrected chi connectivity index (χ1v) is 4.88. The molecule has 0 unspecified atom stereocenters. The second-order valence-corrected chi connectivity index (χ2v) is 3.36. The van der Waals surface area contributed by atoms with Gasteiger partial charge < -0.3 is 5.11 Å². The Morgan fingerprint density at radius 1 is 1.38 bits per heavy atom. The maximum absolute atomic E-state index is 10.1. The highest BCUT2D eigenvalue weighted by Gasteiger charge is 1.95. The lowest BCUT2D eigenvalue weighted by molar-refractivity contribution is -0.135. The van der Waals surface area contributed by atoms with Gasteiger partial charge in [-0.1, -0.05) is 42.3 Å². The number of nitrogens with one attached hydrogen (secondary N) is 1. The monoisotopic (exact) mass is 197 g/mol. The zero-order valence-electron chi connectivity index (χ0n) is 7.06. The maximum atomic E-state index is 10.1. The van der Waals surface area contributed by atoms with E-state index in [4.69, 9.17) is 5.11 Å². The third-order valence-electron chi connectivity index (χ3n) is 1.41. The molecule has 3 nitrogen and oxygen atoms in total. The van der Waals surface area contributed by atoms with Gasteiger partial charge in [-0.3, -0.25) is 9.52 Å². The molecule has 0 saturated heterocycles. The van der Waals surface area contributed by atoms with Crippen LogP contribution in [0.3, 0.4) is 0 Å². The number of rotatable bonds is 5. The van der Waals surface area contributed by atoms with E-state index in [-0.39, 0.29) is 6.54 Å². The van der Waals surface area contributed by atoms with Gasteiger partial charge in [0.15, 0.2) is 0 Å². The van der Waals surface area contributed by atoms with E-state index >= 15 is 0 Å². The van der Waals surface area contributed by atoms with Crippen LogP contribution in [0, 0.1) is 0 Å². The van der Waals surface area contributed by atoms with Crippen molar-refractivity contribution in [1.82, 2.24) is 4.72 Å². The van der Waals surface area contributed by atoms with Crippen molar-refractivity contribution in [2.75, 3.05) is 6.54 Å². The van der Waals surface area contributed by atoms with Crippen molar-refractivity contribution in [3.8, 4) is 0 Å². The van der Waals surface area contributed by atoms with E-state index < -0.39 is 5.97 Å². The summed E-state index contributed by atoms with van der Waals surface area (Å²) in [6.45, 7) is -0.00248. The molecule has 0 atom stereocenters. The van der Waals surface area contributed by atoms with Crippen molar-refractivity contribution in [2.24, 2.45) is 0 Å². The Bertz CT molecular complexity index is 264. The Morgan fingerprint density at radius 3 is 2.69 bits per heavy atom. The van der Waals surface area contributed by atoms with Crippen LogP contribution in [0.25, 0.3) is 0 Å². The molecule has 1 aromatic rings. The van der Waals surface area contributed by atoms with E-state index in [1.807, 2.05) is 30.3 Å². The second-order valence-electron chi connectivity index (χ2n) is 2.49. The van der Waals surface area contributed by atoms with Crippen LogP contribution in [-0.2, 0) is 10.5 Å². The van der Waals surface area contributed by atoms with Crippen LogP contribution in [0.15, 0.2) is 30.3 Å². The summed E-state index contributed by atoms with van der Waals surface area (Å²) in [6.07, 6.45) is 0. The second kappa shape index (κ2) is 5.61. The molecule has 0 heterocycles. The van der Waals surface area contributed by atoms with Gasteiger partial charge in [-0.05, 0) is 5.56 Å². The standard InChI is InChI=1S/C9H11NO2S/c11-9(12)6-10-13-7-8-4-2-1-3-5-8/h1-5,10H,6-7H2,(H,11,12). The van der Waals surface area contributed by atoms with Gasteiger partial charge >= 0.3 is 5.97 Å². The fourth-order valence-electron chi connectivity index (χ4n) is 0.821. The highest BCUT2D eigenvalue weighted by atomic mass is 32.2. The van der Waals surface area contributed by atoms with E-state index in [0.717, 1.165) is 5.75 Å². The van der Waals surface area contributed by atoms with Crippen LogP contribution in [0.4, 0.5) is 0 Å². The van der Waals surface area contributed by atoms with Crippen LogP contribution in [0.1, 0.15) is 5.56 Å². The van der Waals surface area contributed by atoms with Crippen LogP contribution in [-0.4, -0.2) is 17.6 Å². The topological polar surface area (TPSA) is 49.3 Å². The van der Waals surface area contributed by atoms with E-state index in [0.29, 0.717) is 0 Å². The largest absolute Gasteiger partial charge is 0.480 e. The molecule has 0 spiro atoms. The summed E-state index contributed by atoms with van der Waals surface area (Å²) in [6, 6.07) is 9.91. The zero-order chi connectivity index (χ0) is 9.52. The van der Waals surface area contributed by atoms with Crippen molar-refractivity contribution < 1.29 is 9.90 Å². The van der Waals surface area contributed by atoms with Crippen LogP contribution < -0.4 is 4.72 Å². The quantitative estimate of drug-likeness (QED) is 0.555. The molecule has 0 saturated carbocycles. The molecule has 1 aromatic carbocycles. The van der Waals surface area contributed by atoms with Crippen molar-refractivity contribution >= 4 is 17.9 Å². The van der Waals surface area contributed by atoms with E-state index in [1.54, 1.807) is 0 Å². The molecule has 0 fully saturated rings. The van der Waals surface area contributed by atoms with Gasteiger partial charge in [0, 0.05) is 5.75 Å². The predicted octanol–water partition coefficient (Wildman–Crippen LogP) is 1.51. The summed E-state index contributed by atoms with van der Waals surface area (Å²) < 4.78 is 2.75. The van der Waals surface area contributed by atoms with E-state index in [2.05, 4.69) is 4.72 Å². The number of hydrogen-bond acceptors (Lipinski definition) is 3. The Balaban J connectivity index is 2.17. The third kappa shape index (κ3) is 4.55. The smallest absolute Gasteiger partial charge is 0.318 e. The minimum absolute atomic E-state index is 0.00248. The molecule has 0 aliphatic heterocycles. The van der Waals surface area contributed by atoms with Gasteiger partial charge in [0.25, 0.3) is 0 Å². The minimum Gasteiger partial charge on any atom is -0.480 e. The number of carboxylic acids is 1. The summed E-state index contributed by atoms with van der Waals surface area (Å²) in [7, 11) is 0. The normalized spacial score (nSPS) is 9.85. The molecule has 0 amide bonds. The summed E-state index contributed by atoms with van der Waals surface area (Å²) in [4.78, 5) is 10.1. The molecule has 4 heteroatoms. The van der Waals surface area contributed by atoms with Crippen LogP contribution >= 0.6 is 11.9 Å². The molecule has 2 N–H and O–H groups in total. The Morgan fingerprint density at radius 2 is 2.08 bits per heavy atom. The van der Waals surface area contributed by atoms with Gasteiger partial charge in [0.1, 0.15) is 6.54 Å². The van der Waals surface area contributed by atoms with Crippen LogP contribution in [0.2, 0.25) is 0 Å². The molecule has 0 radical (unpaired) electrons. The molecule has 0 aliphatic carbocycles. The molecule has 13 heavy (non-hydrogen) atoms.